The van der Waals surface area contributed by atoms with Crippen molar-refractivity contribution in [2.75, 3.05) is 14.2 Å². The highest BCUT2D eigenvalue weighted by molar-refractivity contribution is 7.71. The van der Waals surface area contributed by atoms with Crippen molar-refractivity contribution in [3.05, 3.63) is 35.2 Å². The minimum absolute atomic E-state index is 0.445. The van der Waals surface area contributed by atoms with Crippen LogP contribution >= 0.6 is 12.2 Å². The van der Waals surface area contributed by atoms with E-state index < -0.39 is 0 Å². The first-order valence-electron chi connectivity index (χ1n) is 5.02. The molecule has 5 heteroatoms. The van der Waals surface area contributed by atoms with Crippen LogP contribution in [0.25, 0.3) is 11.3 Å². The molecule has 2 aromatic rings. The molecule has 0 saturated heterocycles. The molecule has 1 aromatic carbocycles. The maximum Gasteiger partial charge on any atom is 0.197 e. The van der Waals surface area contributed by atoms with Crippen LogP contribution in [0.4, 0.5) is 0 Å². The molecule has 0 fully saturated rings. The number of rotatable bonds is 3. The van der Waals surface area contributed by atoms with E-state index >= 15 is 0 Å². The van der Waals surface area contributed by atoms with Crippen LogP contribution in [0.3, 0.4) is 0 Å². The molecule has 88 valence electrons. The smallest absolute Gasteiger partial charge is 0.197 e. The van der Waals surface area contributed by atoms with E-state index in [0.29, 0.717) is 4.77 Å². The van der Waals surface area contributed by atoms with Gasteiger partial charge in [0.2, 0.25) is 0 Å². The van der Waals surface area contributed by atoms with E-state index in [4.69, 9.17) is 21.7 Å². The number of nitrogens with zero attached hydrogens (tertiary/aromatic N) is 1. The van der Waals surface area contributed by atoms with Gasteiger partial charge in [0.15, 0.2) is 4.77 Å². The van der Waals surface area contributed by atoms with E-state index in [2.05, 4.69) is 9.97 Å². The summed E-state index contributed by atoms with van der Waals surface area (Å²) in [5.74, 6) is 1.47. The molecule has 1 N–H and O–H groups in total. The molecule has 0 spiro atoms. The zero-order chi connectivity index (χ0) is 12.3. The second-order valence-corrected chi connectivity index (χ2v) is 3.74. The SMILES string of the molecule is COc1ccc(-c2ccnc(=S)[nH]2)c(OC)c1. The Bertz CT molecular complexity index is 581. The Labute approximate surface area is 104 Å². The van der Waals surface area contributed by atoms with Gasteiger partial charge in [0, 0.05) is 17.8 Å². The van der Waals surface area contributed by atoms with Crippen LogP contribution in [0.1, 0.15) is 0 Å². The molecular formula is C12H12N2O2S. The lowest BCUT2D eigenvalue weighted by molar-refractivity contribution is 0.395. The Kier molecular flexibility index (Phi) is 3.39. The predicted octanol–water partition coefficient (Wildman–Crippen LogP) is 2.82. The van der Waals surface area contributed by atoms with Crippen molar-refractivity contribution < 1.29 is 9.47 Å². The molecule has 0 amide bonds. The summed E-state index contributed by atoms with van der Waals surface area (Å²) in [4.78, 5) is 6.97. The molecule has 4 nitrogen and oxygen atoms in total. The second kappa shape index (κ2) is 4.97. The number of H-pyrrole nitrogens is 1. The normalized spacial score (nSPS) is 10.0. The van der Waals surface area contributed by atoms with Crippen molar-refractivity contribution in [1.29, 1.82) is 0 Å². The summed E-state index contributed by atoms with van der Waals surface area (Å²) in [7, 11) is 3.24. The van der Waals surface area contributed by atoms with Crippen molar-refractivity contribution in [3.63, 3.8) is 0 Å². The van der Waals surface area contributed by atoms with E-state index in [1.165, 1.54) is 0 Å². The second-order valence-electron chi connectivity index (χ2n) is 3.35. The largest absolute Gasteiger partial charge is 0.497 e. The first-order chi connectivity index (χ1) is 8.24. The topological polar surface area (TPSA) is 47.1 Å². The fourth-order valence-electron chi connectivity index (χ4n) is 1.55. The molecule has 0 aliphatic heterocycles. The van der Waals surface area contributed by atoms with Gasteiger partial charge < -0.3 is 14.5 Å². The summed E-state index contributed by atoms with van der Waals surface area (Å²) in [6.07, 6.45) is 1.66. The molecule has 0 radical (unpaired) electrons. The predicted molar refractivity (Wildman–Crippen MR) is 68.0 cm³/mol. The van der Waals surface area contributed by atoms with Crippen LogP contribution in [0, 0.1) is 4.77 Å². The van der Waals surface area contributed by atoms with Crippen LogP contribution in [0.5, 0.6) is 11.5 Å². The summed E-state index contributed by atoms with van der Waals surface area (Å²) in [6, 6.07) is 7.46. The van der Waals surface area contributed by atoms with Gasteiger partial charge in [0.25, 0.3) is 0 Å². The van der Waals surface area contributed by atoms with E-state index in [0.717, 1.165) is 22.8 Å². The number of hydrogen-bond donors (Lipinski definition) is 1. The number of ether oxygens (including phenoxy) is 2. The van der Waals surface area contributed by atoms with Gasteiger partial charge >= 0.3 is 0 Å². The molecular weight excluding hydrogens is 236 g/mol. The monoisotopic (exact) mass is 248 g/mol. The van der Waals surface area contributed by atoms with Gasteiger partial charge in [-0.05, 0) is 30.4 Å². The average Bonchev–Trinajstić information content (AvgIpc) is 2.38. The Hall–Kier alpha value is -1.88. The molecule has 0 aliphatic carbocycles. The van der Waals surface area contributed by atoms with Crippen LogP contribution in [0.15, 0.2) is 30.5 Å². The molecule has 1 aromatic heterocycles. The van der Waals surface area contributed by atoms with Crippen LogP contribution < -0.4 is 9.47 Å². The van der Waals surface area contributed by atoms with E-state index in [1.807, 2.05) is 24.3 Å². The lowest BCUT2D eigenvalue weighted by Gasteiger charge is -2.10. The molecule has 0 saturated carbocycles. The number of hydrogen-bond acceptors (Lipinski definition) is 4. The average molecular weight is 248 g/mol. The van der Waals surface area contributed by atoms with Crippen molar-refractivity contribution in [2.24, 2.45) is 0 Å². The third-order valence-corrected chi connectivity index (χ3v) is 2.58. The first kappa shape index (κ1) is 11.6. The van der Waals surface area contributed by atoms with Crippen molar-refractivity contribution in [3.8, 4) is 22.8 Å². The summed E-state index contributed by atoms with van der Waals surface area (Å²) in [5, 5.41) is 0. The number of benzene rings is 1. The van der Waals surface area contributed by atoms with Gasteiger partial charge in [-0.2, -0.15) is 0 Å². The fourth-order valence-corrected chi connectivity index (χ4v) is 1.72. The third kappa shape index (κ3) is 2.45. The van der Waals surface area contributed by atoms with Gasteiger partial charge in [-0.1, -0.05) is 0 Å². The maximum atomic E-state index is 5.33. The molecule has 1 heterocycles. The van der Waals surface area contributed by atoms with Crippen LogP contribution in [-0.4, -0.2) is 24.2 Å². The quantitative estimate of drug-likeness (QED) is 0.848. The highest BCUT2D eigenvalue weighted by Crippen LogP contribution is 2.31. The standard InChI is InChI=1S/C12H12N2O2S/c1-15-8-3-4-9(11(7-8)16-2)10-5-6-13-12(17)14-10/h3-7H,1-2H3,(H,13,14,17). The number of aromatic amines is 1. The van der Waals surface area contributed by atoms with E-state index in [1.54, 1.807) is 20.4 Å². The number of nitrogens with one attached hydrogen (secondary N) is 1. The van der Waals surface area contributed by atoms with Crippen molar-refractivity contribution in [1.82, 2.24) is 9.97 Å². The van der Waals surface area contributed by atoms with Crippen molar-refractivity contribution in [2.45, 2.75) is 0 Å². The van der Waals surface area contributed by atoms with Crippen LogP contribution in [0.2, 0.25) is 0 Å². The van der Waals surface area contributed by atoms with Crippen molar-refractivity contribution >= 4 is 12.2 Å². The number of aromatic nitrogens is 2. The van der Waals surface area contributed by atoms with Gasteiger partial charge in [-0.25, -0.2) is 4.98 Å². The zero-order valence-corrected chi connectivity index (χ0v) is 10.4. The Morgan fingerprint density at radius 3 is 2.65 bits per heavy atom. The summed E-state index contributed by atoms with van der Waals surface area (Å²) in [6.45, 7) is 0. The van der Waals surface area contributed by atoms with E-state index in [-0.39, 0.29) is 0 Å². The van der Waals surface area contributed by atoms with Gasteiger partial charge in [-0.15, -0.1) is 0 Å². The maximum absolute atomic E-state index is 5.33. The molecule has 17 heavy (non-hydrogen) atoms. The lowest BCUT2D eigenvalue weighted by Crippen LogP contribution is -1.92. The molecule has 0 aliphatic rings. The minimum atomic E-state index is 0.445. The summed E-state index contributed by atoms with van der Waals surface area (Å²) >= 11 is 5.00. The Morgan fingerprint density at radius 2 is 2.00 bits per heavy atom. The Morgan fingerprint density at radius 1 is 1.18 bits per heavy atom. The molecule has 0 unspecified atom stereocenters. The molecule has 0 atom stereocenters. The lowest BCUT2D eigenvalue weighted by atomic mass is 10.1. The molecule has 0 bridgehead atoms. The minimum Gasteiger partial charge on any atom is -0.497 e. The Balaban J connectivity index is 2.55. The summed E-state index contributed by atoms with van der Waals surface area (Å²) in [5.41, 5.74) is 1.78. The van der Waals surface area contributed by atoms with Crippen LogP contribution in [-0.2, 0) is 0 Å². The third-order valence-electron chi connectivity index (χ3n) is 2.37. The van der Waals surface area contributed by atoms with Gasteiger partial charge in [0.05, 0.1) is 19.9 Å². The fraction of sp³-hybridized carbons (Fsp3) is 0.167. The summed E-state index contributed by atoms with van der Waals surface area (Å²) < 4.78 is 10.9. The van der Waals surface area contributed by atoms with Gasteiger partial charge in [0.1, 0.15) is 11.5 Å². The first-order valence-corrected chi connectivity index (χ1v) is 5.43. The van der Waals surface area contributed by atoms with E-state index in [9.17, 15) is 0 Å². The highest BCUT2D eigenvalue weighted by atomic mass is 32.1. The molecule has 2 rings (SSSR count). The highest BCUT2D eigenvalue weighted by Gasteiger charge is 2.07. The zero-order valence-electron chi connectivity index (χ0n) is 9.56. The number of methoxy groups -OCH3 is 2. The van der Waals surface area contributed by atoms with Gasteiger partial charge in [-0.3, -0.25) is 0 Å².